The lowest BCUT2D eigenvalue weighted by Crippen LogP contribution is -2.47. The molecule has 0 aliphatic carbocycles. The van der Waals surface area contributed by atoms with Crippen LogP contribution in [0.25, 0.3) is 0 Å². The zero-order chi connectivity index (χ0) is 9.56. The van der Waals surface area contributed by atoms with Gasteiger partial charge in [0.05, 0.1) is 12.3 Å². The van der Waals surface area contributed by atoms with Gasteiger partial charge in [-0.05, 0) is 0 Å². The Bertz CT molecular complexity index is 195. The highest BCUT2D eigenvalue weighted by molar-refractivity contribution is 7.81. The van der Waals surface area contributed by atoms with Crippen molar-refractivity contribution in [3.05, 3.63) is 0 Å². The fraction of sp³-hybridized carbons (Fsp3) is 0.500. The van der Waals surface area contributed by atoms with E-state index in [-0.39, 0.29) is 12.3 Å². The second kappa shape index (κ2) is 5.73. The Morgan fingerprint density at radius 1 is 1.58 bits per heavy atom. The zero-order valence-corrected chi connectivity index (χ0v) is 7.21. The summed E-state index contributed by atoms with van der Waals surface area (Å²) in [5.41, 5.74) is 5.19. The minimum absolute atomic E-state index is 0.0876. The lowest BCUT2D eigenvalue weighted by molar-refractivity contribution is -0.129. The van der Waals surface area contributed by atoms with Crippen LogP contribution in [-0.2, 0) is 14.4 Å². The molecule has 0 rings (SSSR count). The quantitative estimate of drug-likeness (QED) is 0.269. The third-order valence-corrected chi connectivity index (χ3v) is 1.46. The van der Waals surface area contributed by atoms with Gasteiger partial charge in [0.1, 0.15) is 12.3 Å². The van der Waals surface area contributed by atoms with Crippen molar-refractivity contribution >= 4 is 30.6 Å². The van der Waals surface area contributed by atoms with Crippen LogP contribution < -0.4 is 11.1 Å². The predicted molar refractivity (Wildman–Crippen MR) is 45.9 cm³/mol. The molecule has 0 radical (unpaired) electrons. The van der Waals surface area contributed by atoms with Gasteiger partial charge in [0.25, 0.3) is 0 Å². The number of rotatable bonds is 5. The van der Waals surface area contributed by atoms with Crippen molar-refractivity contribution < 1.29 is 14.4 Å². The van der Waals surface area contributed by atoms with Crippen molar-refractivity contribution in [3.63, 3.8) is 0 Å². The molecule has 0 aromatic rings. The maximum absolute atomic E-state index is 10.9. The number of nitrogens with two attached hydrogens (primary N) is 1. The summed E-state index contributed by atoms with van der Waals surface area (Å²) < 4.78 is 0. The first-order valence-corrected chi connectivity index (χ1v) is 3.87. The number of aldehydes is 1. The summed E-state index contributed by atoms with van der Waals surface area (Å²) in [7, 11) is 0. The number of hydrogen-bond donors (Lipinski definition) is 3. The van der Waals surface area contributed by atoms with Crippen LogP contribution >= 0.6 is 12.6 Å². The number of thiol groups is 1. The smallest absolute Gasteiger partial charge is 0.244 e. The Balaban J connectivity index is 3.92. The van der Waals surface area contributed by atoms with E-state index in [1.165, 1.54) is 0 Å². The highest BCUT2D eigenvalue weighted by atomic mass is 32.1. The molecule has 0 fully saturated rings. The molecule has 1 amide bonds. The van der Waals surface area contributed by atoms with Gasteiger partial charge in [0.2, 0.25) is 5.91 Å². The third kappa shape index (κ3) is 3.49. The summed E-state index contributed by atoms with van der Waals surface area (Å²) in [4.78, 5) is 31.4. The molecule has 0 saturated carbocycles. The van der Waals surface area contributed by atoms with E-state index in [2.05, 4.69) is 17.9 Å². The van der Waals surface area contributed by atoms with E-state index in [4.69, 9.17) is 5.73 Å². The number of hydrogen-bond acceptors (Lipinski definition) is 5. The molecule has 12 heavy (non-hydrogen) atoms. The van der Waals surface area contributed by atoms with Gasteiger partial charge in [-0.15, -0.1) is 0 Å². The number of carbonyl (C=O) groups is 3. The number of carbonyl (C=O) groups excluding carboxylic acids is 3. The van der Waals surface area contributed by atoms with E-state index in [1.807, 2.05) is 0 Å². The first-order chi connectivity index (χ1) is 5.63. The molecule has 0 aliphatic rings. The molecule has 0 unspecified atom stereocenters. The van der Waals surface area contributed by atoms with Gasteiger partial charge in [0.15, 0.2) is 5.78 Å². The van der Waals surface area contributed by atoms with Crippen molar-refractivity contribution in [1.82, 2.24) is 5.32 Å². The highest BCUT2D eigenvalue weighted by Crippen LogP contribution is 1.85. The number of Topliss-reactive ketones (excluding diaryl/α,β-unsaturated/α-hetero) is 1. The second-order valence-corrected chi connectivity index (χ2v) is 2.33. The molecule has 5 nitrogen and oxygen atoms in total. The Morgan fingerprint density at radius 2 is 2.17 bits per heavy atom. The van der Waals surface area contributed by atoms with Gasteiger partial charge in [-0.3, -0.25) is 9.59 Å². The van der Waals surface area contributed by atoms with Gasteiger partial charge < -0.3 is 15.8 Å². The molecular formula is C6H10N2O3S. The second-order valence-electron chi connectivity index (χ2n) is 2.01. The van der Waals surface area contributed by atoms with Crippen LogP contribution in [0, 0.1) is 0 Å². The van der Waals surface area contributed by atoms with Crippen molar-refractivity contribution in [2.75, 3.05) is 12.3 Å². The summed E-state index contributed by atoms with van der Waals surface area (Å²) >= 11 is 3.66. The molecule has 0 bridgehead atoms. The number of amides is 1. The molecule has 0 saturated heterocycles. The van der Waals surface area contributed by atoms with Gasteiger partial charge in [0, 0.05) is 0 Å². The third-order valence-electron chi connectivity index (χ3n) is 1.14. The summed E-state index contributed by atoms with van der Waals surface area (Å²) in [6, 6.07) is -1.22. The number of nitrogens with one attached hydrogen (secondary N) is 1. The van der Waals surface area contributed by atoms with Gasteiger partial charge in [-0.25, -0.2) is 0 Å². The first kappa shape index (κ1) is 11.1. The van der Waals surface area contributed by atoms with Crippen LogP contribution in [0.3, 0.4) is 0 Å². The van der Waals surface area contributed by atoms with Gasteiger partial charge >= 0.3 is 0 Å². The van der Waals surface area contributed by atoms with Crippen molar-refractivity contribution in [1.29, 1.82) is 0 Å². The van der Waals surface area contributed by atoms with Crippen LogP contribution in [0.1, 0.15) is 0 Å². The Kier molecular flexibility index (Phi) is 5.31. The zero-order valence-electron chi connectivity index (χ0n) is 6.32. The van der Waals surface area contributed by atoms with Crippen molar-refractivity contribution in [2.24, 2.45) is 5.73 Å². The molecule has 68 valence electrons. The normalized spacial score (nSPS) is 11.8. The molecule has 0 aromatic carbocycles. The van der Waals surface area contributed by atoms with Gasteiger partial charge in [-0.2, -0.15) is 12.6 Å². The lowest BCUT2D eigenvalue weighted by Gasteiger charge is -2.07. The minimum atomic E-state index is -1.22. The fourth-order valence-electron chi connectivity index (χ4n) is 0.497. The summed E-state index contributed by atoms with van der Waals surface area (Å²) in [6.45, 7) is -0.133. The van der Waals surface area contributed by atoms with Gasteiger partial charge in [-0.1, -0.05) is 0 Å². The van der Waals surface area contributed by atoms with E-state index in [1.54, 1.807) is 0 Å². The van der Waals surface area contributed by atoms with Crippen LogP contribution in [0.15, 0.2) is 0 Å². The van der Waals surface area contributed by atoms with Crippen LogP contribution in [0.5, 0.6) is 0 Å². The lowest BCUT2D eigenvalue weighted by atomic mass is 10.2. The first-order valence-electron chi connectivity index (χ1n) is 3.24. The standard InChI is InChI=1S/C6H10N2O3S/c7-5(4(10)3-12)6(11)8-1-2-9/h2,5,12H,1,3,7H2,(H,8,11)/t5-/m0/s1. The maximum atomic E-state index is 10.9. The molecule has 0 heterocycles. The van der Waals surface area contributed by atoms with Crippen LogP contribution in [-0.4, -0.2) is 36.3 Å². The van der Waals surface area contributed by atoms with Crippen molar-refractivity contribution in [2.45, 2.75) is 6.04 Å². The molecule has 0 aromatic heterocycles. The molecule has 1 atom stereocenters. The Hall–Kier alpha value is -0.880. The minimum Gasteiger partial charge on any atom is -0.348 e. The summed E-state index contributed by atoms with van der Waals surface area (Å²) in [5, 5.41) is 2.16. The number of ketones is 1. The SMILES string of the molecule is N[C@@H](C(=O)CS)C(=O)NCC=O. The summed E-state index contributed by atoms with van der Waals surface area (Å²) in [5.74, 6) is -1.21. The Morgan fingerprint density at radius 3 is 2.58 bits per heavy atom. The fourth-order valence-corrected chi connectivity index (χ4v) is 0.693. The highest BCUT2D eigenvalue weighted by Gasteiger charge is 2.19. The van der Waals surface area contributed by atoms with E-state index < -0.39 is 17.7 Å². The Labute approximate surface area is 75.1 Å². The molecule has 0 spiro atoms. The topological polar surface area (TPSA) is 89.3 Å². The van der Waals surface area contributed by atoms with E-state index in [0.717, 1.165) is 0 Å². The monoisotopic (exact) mass is 190 g/mol. The average Bonchev–Trinajstić information content (AvgIpc) is 2.11. The van der Waals surface area contributed by atoms with Crippen molar-refractivity contribution in [3.8, 4) is 0 Å². The largest absolute Gasteiger partial charge is 0.348 e. The molecule has 6 heteroatoms. The average molecular weight is 190 g/mol. The summed E-state index contributed by atoms with van der Waals surface area (Å²) in [6.07, 6.45) is 0.510. The van der Waals surface area contributed by atoms with Crippen LogP contribution in [0.4, 0.5) is 0 Å². The van der Waals surface area contributed by atoms with E-state index >= 15 is 0 Å². The maximum Gasteiger partial charge on any atom is 0.244 e. The molecule has 0 aliphatic heterocycles. The predicted octanol–water partition coefficient (Wildman–Crippen LogP) is -1.87. The van der Waals surface area contributed by atoms with E-state index in [0.29, 0.717) is 6.29 Å². The van der Waals surface area contributed by atoms with Crippen LogP contribution in [0.2, 0.25) is 0 Å². The molecule has 3 N–H and O–H groups in total. The van der Waals surface area contributed by atoms with E-state index in [9.17, 15) is 14.4 Å². The molecular weight excluding hydrogens is 180 g/mol.